The molecule has 0 aromatic carbocycles. The highest BCUT2D eigenvalue weighted by atomic mass is 16.5. The van der Waals surface area contributed by atoms with Crippen LogP contribution in [-0.4, -0.2) is 18.9 Å². The van der Waals surface area contributed by atoms with Gasteiger partial charge in [-0.25, -0.2) is 0 Å². The van der Waals surface area contributed by atoms with Crippen LogP contribution in [-0.2, 0) is 14.3 Å². The lowest BCUT2D eigenvalue weighted by Crippen LogP contribution is -1.99. The second-order valence-electron chi connectivity index (χ2n) is 10.4. The highest BCUT2D eigenvalue weighted by Gasteiger charge is 1.92. The SMILES string of the molecule is CCCCCCCC/C=C/CCCCCCCC=O.CCCCCCCC/C=C\CCCCOC(C)=O. The average Bonchev–Trinajstić information content (AvgIpc) is 2.89. The summed E-state index contributed by atoms with van der Waals surface area (Å²) >= 11 is 0. The molecule has 0 saturated carbocycles. The van der Waals surface area contributed by atoms with Gasteiger partial charge in [0.2, 0.25) is 0 Å². The lowest BCUT2D eigenvalue weighted by Gasteiger charge is -1.99. The molecule has 0 amide bonds. The van der Waals surface area contributed by atoms with Crippen molar-refractivity contribution in [2.24, 2.45) is 0 Å². The van der Waals surface area contributed by atoms with Crippen molar-refractivity contribution in [2.45, 2.75) is 175 Å². The Morgan fingerprint density at radius 1 is 0.486 bits per heavy atom. The minimum Gasteiger partial charge on any atom is -0.466 e. The van der Waals surface area contributed by atoms with Crippen molar-refractivity contribution in [3.05, 3.63) is 24.3 Å². The zero-order valence-corrected chi connectivity index (χ0v) is 25.3. The van der Waals surface area contributed by atoms with Crippen molar-refractivity contribution >= 4 is 12.3 Å². The van der Waals surface area contributed by atoms with Crippen LogP contribution in [0.5, 0.6) is 0 Å². The molecule has 218 valence electrons. The van der Waals surface area contributed by atoms with Crippen molar-refractivity contribution in [1.82, 2.24) is 0 Å². The van der Waals surface area contributed by atoms with Gasteiger partial charge in [0.1, 0.15) is 6.29 Å². The van der Waals surface area contributed by atoms with Gasteiger partial charge in [0.05, 0.1) is 6.61 Å². The molecule has 0 aliphatic rings. The van der Waals surface area contributed by atoms with Gasteiger partial charge in [-0.3, -0.25) is 4.79 Å². The number of esters is 1. The summed E-state index contributed by atoms with van der Waals surface area (Å²) in [4.78, 5) is 20.6. The van der Waals surface area contributed by atoms with E-state index in [1.54, 1.807) is 0 Å². The number of ether oxygens (including phenoxy) is 1. The van der Waals surface area contributed by atoms with E-state index in [4.69, 9.17) is 4.74 Å². The number of rotatable bonds is 27. The zero-order valence-electron chi connectivity index (χ0n) is 25.3. The van der Waals surface area contributed by atoms with Crippen molar-refractivity contribution in [2.75, 3.05) is 6.61 Å². The third-order valence-electron chi connectivity index (χ3n) is 6.55. The van der Waals surface area contributed by atoms with Crippen molar-refractivity contribution in [3.63, 3.8) is 0 Å². The van der Waals surface area contributed by atoms with Gasteiger partial charge in [-0.2, -0.15) is 0 Å². The fraction of sp³-hybridized carbons (Fsp3) is 0.824. The summed E-state index contributed by atoms with van der Waals surface area (Å²) in [5, 5.41) is 0. The summed E-state index contributed by atoms with van der Waals surface area (Å²) in [5.74, 6) is -0.173. The van der Waals surface area contributed by atoms with E-state index in [9.17, 15) is 9.59 Å². The molecule has 0 atom stereocenters. The number of allylic oxidation sites excluding steroid dienone is 4. The van der Waals surface area contributed by atoms with Gasteiger partial charge in [0.25, 0.3) is 0 Å². The first kappa shape index (κ1) is 37.8. The lowest BCUT2D eigenvalue weighted by molar-refractivity contribution is -0.141. The first-order valence-electron chi connectivity index (χ1n) is 16.1. The maximum atomic E-state index is 10.5. The molecule has 0 heterocycles. The molecule has 0 aliphatic carbocycles. The smallest absolute Gasteiger partial charge is 0.302 e. The van der Waals surface area contributed by atoms with Gasteiger partial charge < -0.3 is 9.53 Å². The van der Waals surface area contributed by atoms with Gasteiger partial charge in [-0.1, -0.05) is 122 Å². The van der Waals surface area contributed by atoms with Gasteiger partial charge >= 0.3 is 5.97 Å². The van der Waals surface area contributed by atoms with Crippen LogP contribution in [0.25, 0.3) is 0 Å². The molecule has 0 N–H and O–H groups in total. The van der Waals surface area contributed by atoms with E-state index in [1.807, 2.05) is 0 Å². The van der Waals surface area contributed by atoms with E-state index < -0.39 is 0 Å². The Morgan fingerprint density at radius 3 is 1.16 bits per heavy atom. The van der Waals surface area contributed by atoms with Crippen LogP contribution in [0.1, 0.15) is 175 Å². The fourth-order valence-corrected chi connectivity index (χ4v) is 4.16. The molecule has 0 aromatic rings. The molecule has 0 unspecified atom stereocenters. The molecule has 0 fully saturated rings. The summed E-state index contributed by atoms with van der Waals surface area (Å²) in [6.45, 7) is 6.55. The van der Waals surface area contributed by atoms with Gasteiger partial charge in [0.15, 0.2) is 0 Å². The van der Waals surface area contributed by atoms with Gasteiger partial charge in [0, 0.05) is 13.3 Å². The Labute approximate surface area is 232 Å². The van der Waals surface area contributed by atoms with E-state index >= 15 is 0 Å². The largest absolute Gasteiger partial charge is 0.466 e. The normalized spacial score (nSPS) is 11.1. The quantitative estimate of drug-likeness (QED) is 0.0468. The first-order chi connectivity index (χ1) is 18.2. The summed E-state index contributed by atoms with van der Waals surface area (Å²) in [6.07, 6.45) is 40.8. The first-order valence-corrected chi connectivity index (χ1v) is 16.1. The topological polar surface area (TPSA) is 43.4 Å². The highest BCUT2D eigenvalue weighted by Crippen LogP contribution is 2.10. The molecule has 3 nitrogen and oxygen atoms in total. The fourth-order valence-electron chi connectivity index (χ4n) is 4.16. The van der Waals surface area contributed by atoms with E-state index in [-0.39, 0.29) is 5.97 Å². The summed E-state index contributed by atoms with van der Waals surface area (Å²) in [7, 11) is 0. The summed E-state index contributed by atoms with van der Waals surface area (Å²) < 4.78 is 4.87. The highest BCUT2D eigenvalue weighted by molar-refractivity contribution is 5.65. The summed E-state index contributed by atoms with van der Waals surface area (Å²) in [5.41, 5.74) is 0. The van der Waals surface area contributed by atoms with Crippen LogP contribution < -0.4 is 0 Å². The molecule has 37 heavy (non-hydrogen) atoms. The predicted molar refractivity (Wildman–Crippen MR) is 163 cm³/mol. The minimum atomic E-state index is -0.173. The van der Waals surface area contributed by atoms with Crippen LogP contribution in [0.2, 0.25) is 0 Å². The molecule has 3 heteroatoms. The van der Waals surface area contributed by atoms with Crippen molar-refractivity contribution in [3.8, 4) is 0 Å². The van der Waals surface area contributed by atoms with Crippen molar-refractivity contribution in [1.29, 1.82) is 0 Å². The Kier molecular flexibility index (Phi) is 37.5. The van der Waals surface area contributed by atoms with Crippen molar-refractivity contribution < 1.29 is 14.3 Å². The number of carbonyl (C=O) groups is 2. The third kappa shape index (κ3) is 42.0. The van der Waals surface area contributed by atoms with Crippen LogP contribution in [0.15, 0.2) is 24.3 Å². The van der Waals surface area contributed by atoms with Crippen LogP contribution in [0.3, 0.4) is 0 Å². The van der Waals surface area contributed by atoms with Gasteiger partial charge in [-0.05, 0) is 64.2 Å². The maximum absolute atomic E-state index is 10.5. The number of hydrogen-bond acceptors (Lipinski definition) is 3. The van der Waals surface area contributed by atoms with Crippen LogP contribution in [0.4, 0.5) is 0 Å². The molecular weight excluding hydrogens is 456 g/mol. The molecule has 0 bridgehead atoms. The van der Waals surface area contributed by atoms with Crippen LogP contribution >= 0.6 is 0 Å². The number of aldehydes is 1. The lowest BCUT2D eigenvalue weighted by atomic mass is 10.1. The predicted octanol–water partition coefficient (Wildman–Crippen LogP) is 11.2. The van der Waals surface area contributed by atoms with Gasteiger partial charge in [-0.15, -0.1) is 0 Å². The average molecular weight is 521 g/mol. The van der Waals surface area contributed by atoms with E-state index in [2.05, 4.69) is 38.2 Å². The third-order valence-corrected chi connectivity index (χ3v) is 6.55. The second-order valence-corrected chi connectivity index (χ2v) is 10.4. The molecule has 0 rings (SSSR count). The Hall–Kier alpha value is -1.38. The standard InChI is InChI=1S/C18H34O.C16H30O2/c1-2-3-4-5-6-7-8-9-10-11-12-13-14-15-16-17-18-19;1-3-4-5-6-7-8-9-10-11-12-13-14-15-18-16(2)17/h9-10,18H,2-8,11-17H2,1H3;10-11H,3-9,12-15H2,1-2H3/b10-9+;11-10-. The zero-order chi connectivity index (χ0) is 27.5. The Balaban J connectivity index is 0. The molecular formula is C34H64O3. The molecule has 0 aliphatic heterocycles. The molecule has 0 spiro atoms. The number of hydrogen-bond donors (Lipinski definition) is 0. The van der Waals surface area contributed by atoms with E-state index in [0.717, 1.165) is 38.4 Å². The molecule has 0 radical (unpaired) electrons. The minimum absolute atomic E-state index is 0.173. The maximum Gasteiger partial charge on any atom is 0.302 e. The Morgan fingerprint density at radius 2 is 0.811 bits per heavy atom. The monoisotopic (exact) mass is 520 g/mol. The van der Waals surface area contributed by atoms with Crippen LogP contribution in [0, 0.1) is 0 Å². The Bertz CT molecular complexity index is 495. The molecule has 0 saturated heterocycles. The number of unbranched alkanes of at least 4 members (excludes halogenated alkanes) is 20. The molecule has 0 aromatic heterocycles. The summed E-state index contributed by atoms with van der Waals surface area (Å²) in [6, 6.07) is 0. The number of carbonyl (C=O) groups excluding carboxylic acids is 2. The van der Waals surface area contributed by atoms with E-state index in [0.29, 0.717) is 6.61 Å². The second kappa shape index (κ2) is 36.8. The van der Waals surface area contributed by atoms with E-state index in [1.165, 1.54) is 129 Å².